The Balaban J connectivity index is 1.46. The highest BCUT2D eigenvalue weighted by Gasteiger charge is 2.59. The van der Waals surface area contributed by atoms with Gasteiger partial charge in [0.25, 0.3) is 0 Å². The molecule has 0 aromatic carbocycles. The van der Waals surface area contributed by atoms with Crippen LogP contribution in [0.25, 0.3) is 0 Å². The van der Waals surface area contributed by atoms with E-state index in [1.165, 1.54) is 61.8 Å². The summed E-state index contributed by atoms with van der Waals surface area (Å²) in [6.45, 7) is 15.0. The van der Waals surface area contributed by atoms with Crippen LogP contribution in [0.3, 0.4) is 0 Å². The number of nitrogens with zero attached hydrogens (tertiary/aromatic N) is 1. The smallest absolute Gasteiger partial charge is 0.407 e. The zero-order valence-corrected chi connectivity index (χ0v) is 24.1. The fraction of sp³-hybridized carbons (Fsp3) is 0.906. The predicted molar refractivity (Wildman–Crippen MR) is 148 cm³/mol. The second kappa shape index (κ2) is 11.0. The third-order valence-electron chi connectivity index (χ3n) is 12.3. The highest BCUT2D eigenvalue weighted by atomic mass is 16.4. The minimum absolute atomic E-state index is 0.0221. The Morgan fingerprint density at radius 2 is 1.83 bits per heavy atom. The van der Waals surface area contributed by atoms with Crippen molar-refractivity contribution in [3.8, 4) is 0 Å². The largest absolute Gasteiger partial charge is 0.465 e. The Labute approximate surface area is 221 Å². The van der Waals surface area contributed by atoms with E-state index >= 15 is 0 Å². The number of amides is 1. The molecule has 0 heterocycles. The maximum atomic E-state index is 11.8. The molecule has 4 nitrogen and oxygen atoms in total. The van der Waals surface area contributed by atoms with Gasteiger partial charge in [0.1, 0.15) is 0 Å². The molecule has 3 unspecified atom stereocenters. The maximum absolute atomic E-state index is 11.8. The number of hydrogen-bond acceptors (Lipinski definition) is 2. The summed E-state index contributed by atoms with van der Waals surface area (Å²) in [5.41, 5.74) is 2.26. The van der Waals surface area contributed by atoms with Gasteiger partial charge >= 0.3 is 6.09 Å². The molecule has 0 bridgehead atoms. The summed E-state index contributed by atoms with van der Waals surface area (Å²) in [6.07, 6.45) is 15.4. The van der Waals surface area contributed by atoms with E-state index in [0.717, 1.165) is 60.7 Å². The summed E-state index contributed by atoms with van der Waals surface area (Å²) < 4.78 is 0. The molecular formula is C32H55NO3. The van der Waals surface area contributed by atoms with Gasteiger partial charge in [-0.25, -0.2) is 4.79 Å². The number of aliphatic hydroxyl groups excluding tert-OH is 1. The van der Waals surface area contributed by atoms with E-state index in [1.807, 2.05) is 0 Å². The summed E-state index contributed by atoms with van der Waals surface area (Å²) in [5, 5.41) is 19.1. The molecule has 3 saturated carbocycles. The van der Waals surface area contributed by atoms with E-state index in [1.54, 1.807) is 0 Å². The Morgan fingerprint density at radius 1 is 1.08 bits per heavy atom. The Hall–Kier alpha value is -1.03. The number of allylic oxidation sites excluding steroid dienone is 1. The molecule has 1 amide bonds. The third kappa shape index (κ3) is 4.90. The minimum Gasteiger partial charge on any atom is -0.465 e. The van der Waals surface area contributed by atoms with E-state index in [0.29, 0.717) is 5.41 Å². The van der Waals surface area contributed by atoms with Gasteiger partial charge in [-0.05, 0) is 110 Å². The zero-order valence-electron chi connectivity index (χ0n) is 24.1. The van der Waals surface area contributed by atoms with Crippen LogP contribution in [0.1, 0.15) is 112 Å². The molecule has 36 heavy (non-hydrogen) atoms. The SMILES string of the molecule is CC[C@H](CC[C@@H](C)[C@H]1CCC2C3CC=C4C[C@@H](N(CCO)C(=O)O)CC[C@]4(C)C3CC[C@@]21C)C(C)C. The summed E-state index contributed by atoms with van der Waals surface area (Å²) in [6, 6.07) is 0.0221. The first-order chi connectivity index (χ1) is 17.1. The van der Waals surface area contributed by atoms with Crippen LogP contribution in [0.5, 0.6) is 0 Å². The Bertz CT molecular complexity index is 807. The normalized spacial score (nSPS) is 39.6. The lowest BCUT2D eigenvalue weighted by molar-refractivity contribution is -0.0545. The summed E-state index contributed by atoms with van der Waals surface area (Å²) in [4.78, 5) is 13.3. The molecule has 3 fully saturated rings. The lowest BCUT2D eigenvalue weighted by Gasteiger charge is -2.59. The zero-order chi connectivity index (χ0) is 26.3. The number of hydrogen-bond donors (Lipinski definition) is 2. The van der Waals surface area contributed by atoms with Crippen LogP contribution >= 0.6 is 0 Å². The minimum atomic E-state index is -0.884. The van der Waals surface area contributed by atoms with Gasteiger partial charge in [0.15, 0.2) is 0 Å². The van der Waals surface area contributed by atoms with Crippen molar-refractivity contribution in [2.45, 2.75) is 118 Å². The molecule has 0 aromatic rings. The highest BCUT2D eigenvalue weighted by Crippen LogP contribution is 2.67. The molecule has 0 aliphatic heterocycles. The maximum Gasteiger partial charge on any atom is 0.407 e. The molecule has 0 saturated heterocycles. The summed E-state index contributed by atoms with van der Waals surface area (Å²) in [7, 11) is 0. The van der Waals surface area contributed by atoms with Gasteiger partial charge < -0.3 is 15.1 Å². The average molecular weight is 502 g/mol. The van der Waals surface area contributed by atoms with Crippen LogP contribution in [0.4, 0.5) is 4.79 Å². The molecule has 9 atom stereocenters. The van der Waals surface area contributed by atoms with Gasteiger partial charge in [0.05, 0.1) is 6.61 Å². The first kappa shape index (κ1) is 28.0. The van der Waals surface area contributed by atoms with Gasteiger partial charge in [-0.15, -0.1) is 0 Å². The number of aliphatic hydroxyl groups is 1. The van der Waals surface area contributed by atoms with E-state index in [9.17, 15) is 15.0 Å². The standard InChI is InChI=1S/C32H55NO3/c1-7-23(21(2)3)9-8-22(4)27-12-13-28-26-11-10-24-20-25(33(18-19-34)30(35)36)14-16-31(24,5)29(26)15-17-32(27,28)6/h10,21-23,25-29,34H,7-9,11-20H2,1-6H3,(H,35,36)/t22-,23-,25+,26?,27-,28?,29?,31+,32-/m1/s1. The first-order valence-corrected chi connectivity index (χ1v) is 15.4. The monoisotopic (exact) mass is 501 g/mol. The fourth-order valence-electron chi connectivity index (χ4n) is 10.1. The number of rotatable bonds is 9. The number of carboxylic acid groups (broad SMARTS) is 1. The molecule has 4 aliphatic rings. The van der Waals surface area contributed by atoms with Crippen molar-refractivity contribution in [1.82, 2.24) is 4.90 Å². The van der Waals surface area contributed by atoms with Crippen LogP contribution in [0.15, 0.2) is 11.6 Å². The molecule has 2 N–H and O–H groups in total. The lowest BCUT2D eigenvalue weighted by Crippen LogP contribution is -2.53. The third-order valence-corrected chi connectivity index (χ3v) is 12.3. The second-order valence-corrected chi connectivity index (χ2v) is 14.1. The van der Waals surface area contributed by atoms with E-state index in [2.05, 4.69) is 47.6 Å². The average Bonchev–Trinajstić information content (AvgIpc) is 3.19. The summed E-state index contributed by atoms with van der Waals surface area (Å²) in [5.74, 6) is 5.80. The number of fused-ring (bicyclic) bond motifs is 5. The van der Waals surface area contributed by atoms with Gasteiger partial charge in [-0.3, -0.25) is 0 Å². The molecule has 4 rings (SSSR count). The predicted octanol–water partition coefficient (Wildman–Crippen LogP) is 8.00. The topological polar surface area (TPSA) is 60.8 Å². The second-order valence-electron chi connectivity index (χ2n) is 14.1. The lowest BCUT2D eigenvalue weighted by atomic mass is 9.46. The van der Waals surface area contributed by atoms with Crippen molar-refractivity contribution in [1.29, 1.82) is 0 Å². The molecular weight excluding hydrogens is 446 g/mol. The molecule has 0 spiro atoms. The van der Waals surface area contributed by atoms with Crippen molar-refractivity contribution >= 4 is 6.09 Å². The Kier molecular flexibility index (Phi) is 8.54. The van der Waals surface area contributed by atoms with Gasteiger partial charge in [0, 0.05) is 12.6 Å². The molecule has 0 aromatic heterocycles. The van der Waals surface area contributed by atoms with Crippen molar-refractivity contribution in [3.63, 3.8) is 0 Å². The van der Waals surface area contributed by atoms with Crippen molar-refractivity contribution < 1.29 is 15.0 Å². The fourth-order valence-corrected chi connectivity index (χ4v) is 10.1. The van der Waals surface area contributed by atoms with Crippen molar-refractivity contribution in [2.75, 3.05) is 13.2 Å². The number of carbonyl (C=O) groups is 1. The van der Waals surface area contributed by atoms with Crippen LogP contribution in [0.2, 0.25) is 0 Å². The van der Waals surface area contributed by atoms with Crippen LogP contribution in [0, 0.1) is 52.3 Å². The van der Waals surface area contributed by atoms with Crippen molar-refractivity contribution in [2.24, 2.45) is 52.3 Å². The van der Waals surface area contributed by atoms with E-state index < -0.39 is 6.09 Å². The van der Waals surface area contributed by atoms with Crippen LogP contribution in [-0.2, 0) is 0 Å². The van der Waals surface area contributed by atoms with Crippen LogP contribution < -0.4 is 0 Å². The molecule has 4 aliphatic carbocycles. The van der Waals surface area contributed by atoms with Gasteiger partial charge in [0.2, 0.25) is 0 Å². The van der Waals surface area contributed by atoms with E-state index in [-0.39, 0.29) is 24.6 Å². The van der Waals surface area contributed by atoms with Gasteiger partial charge in [-0.2, -0.15) is 0 Å². The van der Waals surface area contributed by atoms with Gasteiger partial charge in [-0.1, -0.05) is 66.0 Å². The van der Waals surface area contributed by atoms with E-state index in [4.69, 9.17) is 0 Å². The highest BCUT2D eigenvalue weighted by molar-refractivity contribution is 5.65. The molecule has 206 valence electrons. The summed E-state index contributed by atoms with van der Waals surface area (Å²) >= 11 is 0. The molecule has 4 heteroatoms. The molecule has 0 radical (unpaired) electrons. The van der Waals surface area contributed by atoms with Crippen LogP contribution in [-0.4, -0.2) is 40.4 Å². The first-order valence-electron chi connectivity index (χ1n) is 15.4. The van der Waals surface area contributed by atoms with Crippen molar-refractivity contribution in [3.05, 3.63) is 11.6 Å². The Morgan fingerprint density at radius 3 is 2.47 bits per heavy atom. The quantitative estimate of drug-likeness (QED) is 0.315.